The zero-order valence-electron chi connectivity index (χ0n) is 19.3. The van der Waals surface area contributed by atoms with Crippen LogP contribution in [-0.2, 0) is 18.4 Å². The van der Waals surface area contributed by atoms with Gasteiger partial charge >= 0.3 is 0 Å². The molecule has 0 radical (unpaired) electrons. The van der Waals surface area contributed by atoms with Crippen molar-refractivity contribution in [1.29, 1.82) is 0 Å². The zero-order chi connectivity index (χ0) is 24.0. The standard InChI is InChI=1S/C24H24ClN7OS/c1-13-14(2)34-24-21(13)22(16-5-7-17(25)8-6-16)28-19(23-30-29-15(3)32(23)24)9-20(33)26-10-18-11-31(4)12-27-18/h5-8,11-12,19H,9-10H2,1-4H3,(H,26,33)/t19-/m0/s1. The average Bonchev–Trinajstić information content (AvgIpc) is 3.45. The first kappa shape index (κ1) is 22.5. The van der Waals surface area contributed by atoms with E-state index < -0.39 is 6.04 Å². The molecule has 0 saturated carbocycles. The maximum atomic E-state index is 13.0. The molecule has 0 fully saturated rings. The molecule has 174 valence electrons. The summed E-state index contributed by atoms with van der Waals surface area (Å²) < 4.78 is 3.90. The van der Waals surface area contributed by atoms with E-state index in [1.54, 1.807) is 17.7 Å². The van der Waals surface area contributed by atoms with Crippen LogP contribution in [0.15, 0.2) is 41.8 Å². The van der Waals surface area contributed by atoms with Crippen molar-refractivity contribution in [3.63, 3.8) is 0 Å². The summed E-state index contributed by atoms with van der Waals surface area (Å²) in [5.41, 5.74) is 4.79. The van der Waals surface area contributed by atoms with Gasteiger partial charge in [0, 0.05) is 34.3 Å². The van der Waals surface area contributed by atoms with Gasteiger partial charge in [-0.2, -0.15) is 0 Å². The summed E-state index contributed by atoms with van der Waals surface area (Å²) in [6, 6.07) is 7.16. The number of carbonyl (C=O) groups excluding carboxylic acids is 1. The smallest absolute Gasteiger partial charge is 0.222 e. The van der Waals surface area contributed by atoms with Crippen LogP contribution in [0.3, 0.4) is 0 Å². The van der Waals surface area contributed by atoms with E-state index in [4.69, 9.17) is 16.6 Å². The maximum Gasteiger partial charge on any atom is 0.222 e. The van der Waals surface area contributed by atoms with Crippen molar-refractivity contribution >= 4 is 34.6 Å². The van der Waals surface area contributed by atoms with Crippen LogP contribution in [0.25, 0.3) is 5.00 Å². The van der Waals surface area contributed by atoms with E-state index in [0.717, 1.165) is 38.9 Å². The van der Waals surface area contributed by atoms with Crippen molar-refractivity contribution < 1.29 is 4.79 Å². The predicted molar refractivity (Wildman–Crippen MR) is 133 cm³/mol. The SMILES string of the molecule is Cc1sc2c(c1C)C(c1ccc(Cl)cc1)=N[C@@H](CC(=O)NCc1cn(C)cn1)c1nnc(C)n1-2. The number of hydrogen-bond acceptors (Lipinski definition) is 6. The lowest BCUT2D eigenvalue weighted by atomic mass is 9.99. The summed E-state index contributed by atoms with van der Waals surface area (Å²) in [6.45, 7) is 6.50. The van der Waals surface area contributed by atoms with Crippen molar-refractivity contribution in [3.8, 4) is 5.00 Å². The highest BCUT2D eigenvalue weighted by molar-refractivity contribution is 7.15. The second kappa shape index (κ2) is 8.81. The Morgan fingerprint density at radius 3 is 2.65 bits per heavy atom. The summed E-state index contributed by atoms with van der Waals surface area (Å²) in [5, 5.41) is 13.4. The van der Waals surface area contributed by atoms with Gasteiger partial charge in [-0.25, -0.2) is 4.98 Å². The van der Waals surface area contributed by atoms with Gasteiger partial charge in [0.15, 0.2) is 5.82 Å². The number of carbonyl (C=O) groups is 1. The van der Waals surface area contributed by atoms with E-state index in [9.17, 15) is 4.79 Å². The Bertz CT molecular complexity index is 1410. The van der Waals surface area contributed by atoms with Crippen LogP contribution >= 0.6 is 22.9 Å². The molecule has 0 saturated heterocycles. The molecule has 8 nitrogen and oxygen atoms in total. The number of rotatable bonds is 5. The fraction of sp³-hybridized carbons (Fsp3) is 0.292. The van der Waals surface area contributed by atoms with Gasteiger partial charge in [0.1, 0.15) is 16.9 Å². The van der Waals surface area contributed by atoms with Crippen molar-refractivity contribution in [2.24, 2.45) is 12.0 Å². The molecule has 1 amide bonds. The highest BCUT2D eigenvalue weighted by Crippen LogP contribution is 2.39. The Morgan fingerprint density at radius 2 is 1.94 bits per heavy atom. The lowest BCUT2D eigenvalue weighted by Gasteiger charge is -2.13. The van der Waals surface area contributed by atoms with Gasteiger partial charge in [-0.05, 0) is 38.5 Å². The largest absolute Gasteiger partial charge is 0.350 e. The first-order chi connectivity index (χ1) is 16.3. The topological polar surface area (TPSA) is 90.0 Å². The molecule has 10 heteroatoms. The number of nitrogens with one attached hydrogen (secondary N) is 1. The number of benzene rings is 1. The number of thiophene rings is 1. The summed E-state index contributed by atoms with van der Waals surface area (Å²) in [4.78, 5) is 23.6. The van der Waals surface area contributed by atoms with E-state index in [-0.39, 0.29) is 12.3 Å². The minimum Gasteiger partial charge on any atom is -0.350 e. The van der Waals surface area contributed by atoms with Crippen LogP contribution in [0.5, 0.6) is 0 Å². The summed E-state index contributed by atoms with van der Waals surface area (Å²) in [5.74, 6) is 1.31. The maximum absolute atomic E-state index is 13.0. The molecule has 0 spiro atoms. The van der Waals surface area contributed by atoms with Gasteiger partial charge in [0.25, 0.3) is 0 Å². The molecule has 5 rings (SSSR count). The van der Waals surface area contributed by atoms with Crippen molar-refractivity contribution in [2.45, 2.75) is 39.8 Å². The highest BCUT2D eigenvalue weighted by atomic mass is 35.5. The summed E-state index contributed by atoms with van der Waals surface area (Å²) in [7, 11) is 1.90. The average molecular weight is 494 g/mol. The number of aliphatic imine (C=N–C) groups is 1. The number of aromatic nitrogens is 5. The lowest BCUT2D eigenvalue weighted by Crippen LogP contribution is -2.25. The molecule has 34 heavy (non-hydrogen) atoms. The van der Waals surface area contributed by atoms with Gasteiger partial charge < -0.3 is 9.88 Å². The molecule has 4 aromatic rings. The van der Waals surface area contributed by atoms with E-state index in [1.807, 2.05) is 53.6 Å². The number of hydrogen-bond donors (Lipinski definition) is 1. The van der Waals surface area contributed by atoms with Crippen LogP contribution in [0.4, 0.5) is 0 Å². The molecular weight excluding hydrogens is 470 g/mol. The van der Waals surface area contributed by atoms with Crippen LogP contribution < -0.4 is 5.32 Å². The molecule has 0 unspecified atom stereocenters. The van der Waals surface area contributed by atoms with Gasteiger partial charge in [0.2, 0.25) is 5.91 Å². The third-order valence-corrected chi connectivity index (χ3v) is 7.41. The van der Waals surface area contributed by atoms with Gasteiger partial charge in [-0.3, -0.25) is 14.4 Å². The second-order valence-electron chi connectivity index (χ2n) is 8.42. The van der Waals surface area contributed by atoms with Gasteiger partial charge in [-0.1, -0.05) is 23.7 Å². The Kier molecular flexibility index (Phi) is 5.83. The highest BCUT2D eigenvalue weighted by Gasteiger charge is 2.32. The molecule has 1 N–H and O–H groups in total. The molecule has 1 aliphatic heterocycles. The number of imidazole rings is 1. The third kappa shape index (κ3) is 4.05. The zero-order valence-corrected chi connectivity index (χ0v) is 20.9. The fourth-order valence-electron chi connectivity index (χ4n) is 4.13. The molecule has 3 aromatic heterocycles. The van der Waals surface area contributed by atoms with Crippen LogP contribution in [-0.4, -0.2) is 35.9 Å². The Labute approximate surface area is 206 Å². The first-order valence-electron chi connectivity index (χ1n) is 10.9. The Morgan fingerprint density at radius 1 is 1.18 bits per heavy atom. The van der Waals surface area contributed by atoms with E-state index >= 15 is 0 Å². The lowest BCUT2D eigenvalue weighted by molar-refractivity contribution is -0.121. The predicted octanol–water partition coefficient (Wildman–Crippen LogP) is 4.24. The second-order valence-corrected chi connectivity index (χ2v) is 10.1. The summed E-state index contributed by atoms with van der Waals surface area (Å²) in [6.07, 6.45) is 3.74. The molecule has 0 bridgehead atoms. The number of halogens is 1. The normalized spacial score (nSPS) is 14.9. The van der Waals surface area contributed by atoms with Crippen LogP contribution in [0.1, 0.15) is 51.4 Å². The molecule has 1 aromatic carbocycles. The first-order valence-corrected chi connectivity index (χ1v) is 12.1. The van der Waals surface area contributed by atoms with Crippen LogP contribution in [0, 0.1) is 20.8 Å². The van der Waals surface area contributed by atoms with Gasteiger partial charge in [0.05, 0.1) is 30.7 Å². The quantitative estimate of drug-likeness (QED) is 0.450. The molecule has 1 aliphatic rings. The van der Waals surface area contributed by atoms with Crippen molar-refractivity contribution in [3.05, 3.63) is 80.7 Å². The van der Waals surface area contributed by atoms with E-state index in [2.05, 4.69) is 34.3 Å². The van der Waals surface area contributed by atoms with Gasteiger partial charge in [-0.15, -0.1) is 21.5 Å². The minimum atomic E-state index is -0.491. The molecular formula is C24H24ClN7OS. The van der Waals surface area contributed by atoms with E-state index in [0.29, 0.717) is 17.4 Å². The Hall–Kier alpha value is -3.30. The third-order valence-electron chi connectivity index (χ3n) is 5.96. The number of amides is 1. The molecule has 4 heterocycles. The molecule has 1 atom stereocenters. The summed E-state index contributed by atoms with van der Waals surface area (Å²) >= 11 is 7.85. The van der Waals surface area contributed by atoms with E-state index in [1.165, 1.54) is 4.88 Å². The number of fused-ring (bicyclic) bond motifs is 3. The fourth-order valence-corrected chi connectivity index (χ4v) is 5.47. The number of nitrogens with zero attached hydrogens (tertiary/aromatic N) is 6. The molecule has 0 aliphatic carbocycles. The minimum absolute atomic E-state index is 0.125. The number of aryl methyl sites for hydroxylation is 3. The monoisotopic (exact) mass is 493 g/mol. The van der Waals surface area contributed by atoms with Crippen molar-refractivity contribution in [2.75, 3.05) is 0 Å². The Balaban J connectivity index is 1.56. The van der Waals surface area contributed by atoms with Crippen molar-refractivity contribution in [1.82, 2.24) is 29.6 Å². The van der Waals surface area contributed by atoms with Crippen LogP contribution in [0.2, 0.25) is 5.02 Å².